The third-order valence-corrected chi connectivity index (χ3v) is 4.62. The van der Waals surface area contributed by atoms with Crippen molar-refractivity contribution >= 4 is 18.3 Å². The molecule has 5 heteroatoms. The van der Waals surface area contributed by atoms with Gasteiger partial charge >= 0.3 is 0 Å². The lowest BCUT2D eigenvalue weighted by Crippen LogP contribution is -2.48. The van der Waals surface area contributed by atoms with Crippen LogP contribution in [0.2, 0.25) is 0 Å². The summed E-state index contributed by atoms with van der Waals surface area (Å²) >= 11 is 0. The molecule has 0 bridgehead atoms. The number of hydrogen-bond acceptors (Lipinski definition) is 3. The Hall–Kier alpha value is -0.320. The van der Waals surface area contributed by atoms with Crippen LogP contribution < -0.4 is 11.1 Å². The Morgan fingerprint density at radius 2 is 1.74 bits per heavy atom. The summed E-state index contributed by atoms with van der Waals surface area (Å²) in [5, 5.41) is 13.2. The molecule has 112 valence electrons. The minimum atomic E-state index is -0.688. The van der Waals surface area contributed by atoms with Gasteiger partial charge in [0.25, 0.3) is 0 Å². The Balaban J connectivity index is 0.00000180. The van der Waals surface area contributed by atoms with Gasteiger partial charge in [-0.2, -0.15) is 0 Å². The van der Waals surface area contributed by atoms with Crippen molar-refractivity contribution in [2.45, 2.75) is 69.4 Å². The monoisotopic (exact) mass is 290 g/mol. The van der Waals surface area contributed by atoms with Crippen LogP contribution in [0.5, 0.6) is 0 Å². The lowest BCUT2D eigenvalue weighted by Gasteiger charge is -2.36. The fraction of sp³-hybridized carbons (Fsp3) is 0.929. The Kier molecular flexibility index (Phi) is 6.57. The molecule has 0 spiro atoms. The molecule has 4 nitrogen and oxygen atoms in total. The fourth-order valence-electron chi connectivity index (χ4n) is 3.19. The molecule has 0 aromatic heterocycles. The van der Waals surface area contributed by atoms with E-state index in [1.807, 2.05) is 0 Å². The number of nitrogens with two attached hydrogens (primary N) is 1. The lowest BCUT2D eigenvalue weighted by molar-refractivity contribution is -0.127. The van der Waals surface area contributed by atoms with Crippen LogP contribution in [0.25, 0.3) is 0 Å². The zero-order valence-electron chi connectivity index (χ0n) is 11.6. The van der Waals surface area contributed by atoms with Gasteiger partial charge in [0.05, 0.1) is 5.60 Å². The van der Waals surface area contributed by atoms with E-state index in [0.717, 1.165) is 25.7 Å². The first-order valence-corrected chi connectivity index (χ1v) is 7.36. The number of carbonyl (C=O) groups excluding carboxylic acids is 1. The molecule has 2 fully saturated rings. The van der Waals surface area contributed by atoms with Gasteiger partial charge in [-0.15, -0.1) is 12.4 Å². The molecule has 0 unspecified atom stereocenters. The summed E-state index contributed by atoms with van der Waals surface area (Å²) < 4.78 is 0. The van der Waals surface area contributed by atoms with Gasteiger partial charge < -0.3 is 16.2 Å². The zero-order chi connectivity index (χ0) is 13.0. The summed E-state index contributed by atoms with van der Waals surface area (Å²) in [7, 11) is 0. The van der Waals surface area contributed by atoms with Crippen molar-refractivity contribution in [1.82, 2.24) is 5.32 Å². The summed E-state index contributed by atoms with van der Waals surface area (Å²) in [6.07, 6.45) is 8.87. The molecular formula is C14H27ClN2O2. The molecule has 0 aromatic rings. The van der Waals surface area contributed by atoms with Gasteiger partial charge in [-0.1, -0.05) is 19.3 Å². The van der Waals surface area contributed by atoms with Crippen LogP contribution in [-0.4, -0.2) is 29.2 Å². The summed E-state index contributed by atoms with van der Waals surface area (Å²) in [5.74, 6) is 0.465. The second-order valence-electron chi connectivity index (χ2n) is 6.05. The number of amides is 1. The van der Waals surface area contributed by atoms with E-state index in [-0.39, 0.29) is 30.3 Å². The van der Waals surface area contributed by atoms with E-state index in [1.165, 1.54) is 19.3 Å². The Morgan fingerprint density at radius 1 is 1.16 bits per heavy atom. The van der Waals surface area contributed by atoms with Crippen LogP contribution in [0.15, 0.2) is 0 Å². The lowest BCUT2D eigenvalue weighted by atomic mass is 9.81. The highest BCUT2D eigenvalue weighted by Crippen LogP contribution is 2.29. The van der Waals surface area contributed by atoms with Crippen molar-refractivity contribution in [1.29, 1.82) is 0 Å². The predicted molar refractivity (Wildman–Crippen MR) is 78.2 cm³/mol. The molecule has 0 radical (unpaired) electrons. The fourth-order valence-corrected chi connectivity index (χ4v) is 3.19. The molecule has 19 heavy (non-hydrogen) atoms. The Labute approximate surface area is 121 Å². The number of halogens is 1. The van der Waals surface area contributed by atoms with Gasteiger partial charge in [0.15, 0.2) is 0 Å². The third kappa shape index (κ3) is 4.62. The van der Waals surface area contributed by atoms with E-state index in [9.17, 15) is 9.90 Å². The Bertz CT molecular complexity index is 285. The van der Waals surface area contributed by atoms with Crippen LogP contribution in [0.3, 0.4) is 0 Å². The van der Waals surface area contributed by atoms with E-state index in [0.29, 0.717) is 19.4 Å². The van der Waals surface area contributed by atoms with Gasteiger partial charge in [-0.3, -0.25) is 4.79 Å². The summed E-state index contributed by atoms with van der Waals surface area (Å²) in [6, 6.07) is 0.242. The van der Waals surface area contributed by atoms with Crippen LogP contribution in [0.4, 0.5) is 0 Å². The number of rotatable bonds is 3. The molecule has 2 aliphatic carbocycles. The first kappa shape index (κ1) is 16.7. The predicted octanol–water partition coefficient (Wildman–Crippen LogP) is 1.74. The first-order chi connectivity index (χ1) is 8.63. The molecule has 0 aromatic carbocycles. The zero-order valence-corrected chi connectivity index (χ0v) is 12.4. The number of carbonyl (C=O) groups is 1. The number of nitrogens with one attached hydrogen (secondary N) is 1. The van der Waals surface area contributed by atoms with Crippen LogP contribution in [0, 0.1) is 5.92 Å². The van der Waals surface area contributed by atoms with E-state index in [2.05, 4.69) is 5.32 Å². The van der Waals surface area contributed by atoms with Crippen molar-refractivity contribution < 1.29 is 9.90 Å². The molecule has 2 saturated carbocycles. The molecule has 2 aliphatic rings. The number of hydrogen-bond donors (Lipinski definition) is 3. The van der Waals surface area contributed by atoms with Crippen molar-refractivity contribution in [3.05, 3.63) is 0 Å². The second-order valence-corrected chi connectivity index (χ2v) is 6.05. The van der Waals surface area contributed by atoms with Crippen molar-refractivity contribution in [3.8, 4) is 0 Å². The summed E-state index contributed by atoms with van der Waals surface area (Å²) in [5.41, 5.74) is 4.88. The van der Waals surface area contributed by atoms with Crippen molar-refractivity contribution in [3.63, 3.8) is 0 Å². The quantitative estimate of drug-likeness (QED) is 0.741. The van der Waals surface area contributed by atoms with Gasteiger partial charge in [0.1, 0.15) is 0 Å². The minimum Gasteiger partial charge on any atom is -0.389 e. The van der Waals surface area contributed by atoms with Gasteiger partial charge in [0.2, 0.25) is 5.91 Å². The second kappa shape index (κ2) is 7.46. The molecule has 2 rings (SSSR count). The highest BCUT2D eigenvalue weighted by atomic mass is 35.5. The van der Waals surface area contributed by atoms with Crippen LogP contribution in [-0.2, 0) is 4.79 Å². The average molecular weight is 291 g/mol. The van der Waals surface area contributed by atoms with Gasteiger partial charge in [-0.05, 0) is 38.5 Å². The number of aliphatic hydroxyl groups is 1. The van der Waals surface area contributed by atoms with Crippen molar-refractivity contribution in [2.24, 2.45) is 11.7 Å². The molecule has 1 amide bonds. The highest BCUT2D eigenvalue weighted by molar-refractivity contribution is 5.85. The largest absolute Gasteiger partial charge is 0.389 e. The SMILES string of the molecule is Cl.NCC1(O)CCC(NC(=O)C2CCCCC2)CC1. The maximum Gasteiger partial charge on any atom is 0.223 e. The molecular weight excluding hydrogens is 264 g/mol. The molecule has 0 heterocycles. The van der Waals surface area contributed by atoms with Crippen LogP contribution >= 0.6 is 12.4 Å². The summed E-state index contributed by atoms with van der Waals surface area (Å²) in [4.78, 5) is 12.1. The average Bonchev–Trinajstić information content (AvgIpc) is 2.42. The topological polar surface area (TPSA) is 75.3 Å². The van der Waals surface area contributed by atoms with E-state index in [4.69, 9.17) is 5.73 Å². The highest BCUT2D eigenvalue weighted by Gasteiger charge is 2.33. The maximum atomic E-state index is 12.1. The van der Waals surface area contributed by atoms with Gasteiger partial charge in [0, 0.05) is 18.5 Å². The maximum absolute atomic E-state index is 12.1. The first-order valence-electron chi connectivity index (χ1n) is 7.36. The normalized spacial score (nSPS) is 32.4. The molecule has 4 N–H and O–H groups in total. The molecule has 0 aliphatic heterocycles. The summed E-state index contributed by atoms with van der Waals surface area (Å²) in [6.45, 7) is 0.330. The van der Waals surface area contributed by atoms with E-state index in [1.54, 1.807) is 0 Å². The van der Waals surface area contributed by atoms with E-state index < -0.39 is 5.60 Å². The smallest absolute Gasteiger partial charge is 0.223 e. The molecule has 0 atom stereocenters. The standard InChI is InChI=1S/C14H26N2O2.ClH/c15-10-14(18)8-6-12(7-9-14)16-13(17)11-4-2-1-3-5-11;/h11-12,18H,1-10,15H2,(H,16,17);1H. The van der Waals surface area contributed by atoms with Crippen LogP contribution in [0.1, 0.15) is 57.8 Å². The van der Waals surface area contributed by atoms with Crippen molar-refractivity contribution in [2.75, 3.05) is 6.54 Å². The van der Waals surface area contributed by atoms with E-state index >= 15 is 0 Å². The Morgan fingerprint density at radius 3 is 2.26 bits per heavy atom. The molecule has 0 saturated heterocycles. The minimum absolute atomic E-state index is 0. The third-order valence-electron chi connectivity index (χ3n) is 4.62. The van der Waals surface area contributed by atoms with Gasteiger partial charge in [-0.25, -0.2) is 0 Å².